The van der Waals surface area contributed by atoms with Crippen LogP contribution in [0.15, 0.2) is 58.5 Å². The topological polar surface area (TPSA) is 107 Å². The van der Waals surface area contributed by atoms with Crippen molar-refractivity contribution in [2.45, 2.75) is 41.7 Å². The van der Waals surface area contributed by atoms with Gasteiger partial charge in [0.05, 0.1) is 16.5 Å². The molecule has 6 nitrogen and oxygen atoms in total. The number of aromatic amines is 1. The number of H-pyrrole nitrogens is 1. The number of hydrogen-bond donors (Lipinski definition) is 2. The zero-order valence-corrected chi connectivity index (χ0v) is 16.1. The Kier molecular flexibility index (Phi) is 4.33. The van der Waals surface area contributed by atoms with Crippen molar-refractivity contribution >= 4 is 9.84 Å². The van der Waals surface area contributed by atoms with E-state index in [1.807, 2.05) is 13.0 Å². The molecule has 0 aliphatic heterocycles. The van der Waals surface area contributed by atoms with Gasteiger partial charge in [-0.3, -0.25) is 5.10 Å². The van der Waals surface area contributed by atoms with Crippen LogP contribution < -0.4 is 0 Å². The van der Waals surface area contributed by atoms with Crippen LogP contribution in [-0.4, -0.2) is 23.7 Å². The number of aliphatic hydroxyl groups is 1. The van der Waals surface area contributed by atoms with Crippen molar-refractivity contribution in [2.75, 3.05) is 0 Å². The standard InChI is InChI=1S/C21H19N3O3S/c1-14-4-10-17(11-5-14)28(26,27)20-19-18(23-24-20)3-2-12-21(19,25)16-8-6-15(13-22)7-9-16/h4-11,25H,2-3,12H2,1H3,(H,23,24). The number of nitriles is 1. The van der Waals surface area contributed by atoms with E-state index in [2.05, 4.69) is 10.2 Å². The first-order chi connectivity index (χ1) is 13.4. The minimum atomic E-state index is -3.90. The smallest absolute Gasteiger partial charge is 0.226 e. The van der Waals surface area contributed by atoms with E-state index in [-0.39, 0.29) is 9.92 Å². The Morgan fingerprint density at radius 3 is 2.46 bits per heavy atom. The lowest BCUT2D eigenvalue weighted by Gasteiger charge is -2.33. The second-order valence-corrected chi connectivity index (χ2v) is 8.97. The van der Waals surface area contributed by atoms with Crippen LogP contribution in [0, 0.1) is 18.3 Å². The lowest BCUT2D eigenvalue weighted by Crippen LogP contribution is -2.33. The zero-order valence-electron chi connectivity index (χ0n) is 15.3. The highest BCUT2D eigenvalue weighted by Crippen LogP contribution is 2.43. The summed E-state index contributed by atoms with van der Waals surface area (Å²) in [6.07, 6.45) is 1.68. The van der Waals surface area contributed by atoms with Gasteiger partial charge in [0.25, 0.3) is 0 Å². The third kappa shape index (κ3) is 2.82. The summed E-state index contributed by atoms with van der Waals surface area (Å²) in [6, 6.07) is 15.2. The van der Waals surface area contributed by atoms with Crippen molar-refractivity contribution in [3.05, 3.63) is 76.5 Å². The number of benzene rings is 2. The summed E-state index contributed by atoms with van der Waals surface area (Å²) < 4.78 is 26.5. The quantitative estimate of drug-likeness (QED) is 0.711. The van der Waals surface area contributed by atoms with Crippen molar-refractivity contribution in [2.24, 2.45) is 0 Å². The van der Waals surface area contributed by atoms with Gasteiger partial charge in [-0.15, -0.1) is 0 Å². The number of nitrogens with zero attached hydrogens (tertiary/aromatic N) is 2. The molecule has 0 saturated heterocycles. The van der Waals surface area contributed by atoms with Gasteiger partial charge in [0.2, 0.25) is 9.84 Å². The van der Waals surface area contributed by atoms with E-state index in [9.17, 15) is 13.5 Å². The molecule has 1 aliphatic rings. The molecule has 142 valence electrons. The number of nitrogens with one attached hydrogen (secondary N) is 1. The summed E-state index contributed by atoms with van der Waals surface area (Å²) in [5, 5.41) is 27.4. The highest BCUT2D eigenvalue weighted by Gasteiger charge is 2.43. The molecule has 0 bridgehead atoms. The van der Waals surface area contributed by atoms with Gasteiger partial charge in [0, 0.05) is 11.3 Å². The fraction of sp³-hybridized carbons (Fsp3) is 0.238. The monoisotopic (exact) mass is 393 g/mol. The highest BCUT2D eigenvalue weighted by atomic mass is 32.2. The molecule has 1 aromatic heterocycles. The highest BCUT2D eigenvalue weighted by molar-refractivity contribution is 7.91. The Balaban J connectivity index is 1.89. The first-order valence-corrected chi connectivity index (χ1v) is 10.5. The second kappa shape index (κ2) is 6.59. The molecule has 3 aromatic rings. The molecule has 28 heavy (non-hydrogen) atoms. The Hall–Kier alpha value is -2.95. The second-order valence-electron chi connectivity index (χ2n) is 7.10. The number of fused-ring (bicyclic) bond motifs is 1. The van der Waals surface area contributed by atoms with Crippen molar-refractivity contribution in [1.82, 2.24) is 10.2 Å². The van der Waals surface area contributed by atoms with E-state index < -0.39 is 15.4 Å². The van der Waals surface area contributed by atoms with Gasteiger partial charge in [-0.25, -0.2) is 8.42 Å². The maximum atomic E-state index is 13.3. The van der Waals surface area contributed by atoms with E-state index in [0.29, 0.717) is 41.6 Å². The van der Waals surface area contributed by atoms with E-state index in [4.69, 9.17) is 5.26 Å². The average Bonchev–Trinajstić information content (AvgIpc) is 3.15. The Labute approximate surface area is 163 Å². The molecule has 1 atom stereocenters. The Morgan fingerprint density at radius 2 is 1.82 bits per heavy atom. The molecule has 1 heterocycles. The van der Waals surface area contributed by atoms with Gasteiger partial charge in [0.15, 0.2) is 5.03 Å². The van der Waals surface area contributed by atoms with Crippen LogP contribution in [0.25, 0.3) is 0 Å². The van der Waals surface area contributed by atoms with Crippen LogP contribution in [-0.2, 0) is 21.9 Å². The van der Waals surface area contributed by atoms with Crippen LogP contribution in [0.1, 0.15) is 40.8 Å². The van der Waals surface area contributed by atoms with Crippen LogP contribution in [0.4, 0.5) is 0 Å². The van der Waals surface area contributed by atoms with Crippen LogP contribution in [0.2, 0.25) is 0 Å². The fourth-order valence-electron chi connectivity index (χ4n) is 3.75. The van der Waals surface area contributed by atoms with Crippen molar-refractivity contribution in [1.29, 1.82) is 5.26 Å². The van der Waals surface area contributed by atoms with Crippen LogP contribution in [0.5, 0.6) is 0 Å². The summed E-state index contributed by atoms with van der Waals surface area (Å²) in [6.45, 7) is 1.89. The van der Waals surface area contributed by atoms with Gasteiger partial charge in [-0.05, 0) is 56.0 Å². The minimum Gasteiger partial charge on any atom is -0.380 e. The molecule has 0 fully saturated rings. The lowest BCUT2D eigenvalue weighted by molar-refractivity contribution is 0.0585. The normalized spacial score (nSPS) is 19.0. The summed E-state index contributed by atoms with van der Waals surface area (Å²) >= 11 is 0. The lowest BCUT2D eigenvalue weighted by atomic mass is 9.78. The number of rotatable bonds is 3. The molecule has 2 aromatic carbocycles. The average molecular weight is 393 g/mol. The number of sulfone groups is 1. The maximum absolute atomic E-state index is 13.3. The maximum Gasteiger partial charge on any atom is 0.226 e. The summed E-state index contributed by atoms with van der Waals surface area (Å²) in [7, 11) is -3.90. The third-order valence-corrected chi connectivity index (χ3v) is 6.96. The van der Waals surface area contributed by atoms with Crippen molar-refractivity contribution in [3.63, 3.8) is 0 Å². The molecule has 7 heteroatoms. The van der Waals surface area contributed by atoms with E-state index in [1.54, 1.807) is 48.5 Å². The van der Waals surface area contributed by atoms with E-state index in [0.717, 1.165) is 5.56 Å². The molecule has 0 saturated carbocycles. The molecule has 1 unspecified atom stereocenters. The minimum absolute atomic E-state index is 0.139. The number of aryl methyl sites for hydroxylation is 2. The molecule has 0 radical (unpaired) electrons. The van der Waals surface area contributed by atoms with Crippen molar-refractivity contribution in [3.8, 4) is 6.07 Å². The van der Waals surface area contributed by atoms with E-state index >= 15 is 0 Å². The first kappa shape index (κ1) is 18.4. The van der Waals surface area contributed by atoms with Crippen LogP contribution in [0.3, 0.4) is 0 Å². The summed E-state index contributed by atoms with van der Waals surface area (Å²) in [5.74, 6) is 0. The molecule has 4 rings (SSSR count). The molecule has 0 spiro atoms. The number of hydrogen-bond acceptors (Lipinski definition) is 5. The first-order valence-electron chi connectivity index (χ1n) is 8.99. The Bertz CT molecular complexity index is 1170. The molecular weight excluding hydrogens is 374 g/mol. The molecule has 1 aliphatic carbocycles. The predicted octanol–water partition coefficient (Wildman–Crippen LogP) is 2.99. The fourth-order valence-corrected chi connectivity index (χ4v) is 5.19. The third-order valence-electron chi connectivity index (χ3n) is 5.26. The van der Waals surface area contributed by atoms with Gasteiger partial charge in [0.1, 0.15) is 5.60 Å². The zero-order chi connectivity index (χ0) is 19.9. The van der Waals surface area contributed by atoms with Crippen molar-refractivity contribution < 1.29 is 13.5 Å². The summed E-state index contributed by atoms with van der Waals surface area (Å²) in [5.41, 5.74) is 1.43. The van der Waals surface area contributed by atoms with Gasteiger partial charge in [-0.2, -0.15) is 10.4 Å². The van der Waals surface area contributed by atoms with Gasteiger partial charge in [-0.1, -0.05) is 29.8 Å². The SMILES string of the molecule is Cc1ccc(S(=O)(=O)c2n[nH]c3c2C(O)(c2ccc(C#N)cc2)CCC3)cc1. The molecule has 0 amide bonds. The largest absolute Gasteiger partial charge is 0.380 e. The Morgan fingerprint density at radius 1 is 1.14 bits per heavy atom. The van der Waals surface area contributed by atoms with Gasteiger partial charge >= 0.3 is 0 Å². The molecular formula is C21H19N3O3S. The van der Waals surface area contributed by atoms with Gasteiger partial charge < -0.3 is 5.11 Å². The number of aromatic nitrogens is 2. The summed E-state index contributed by atoms with van der Waals surface area (Å²) in [4.78, 5) is 0.139. The van der Waals surface area contributed by atoms with Crippen LogP contribution >= 0.6 is 0 Å². The van der Waals surface area contributed by atoms with E-state index in [1.165, 1.54) is 0 Å². The molecule has 2 N–H and O–H groups in total. The predicted molar refractivity (Wildman–Crippen MR) is 102 cm³/mol.